The summed E-state index contributed by atoms with van der Waals surface area (Å²) >= 11 is 0. The van der Waals surface area contributed by atoms with E-state index < -0.39 is 25.1 Å². The monoisotopic (exact) mass is 326 g/mol. The lowest BCUT2D eigenvalue weighted by Gasteiger charge is -2.29. The highest BCUT2D eigenvalue weighted by molar-refractivity contribution is 5.85. The molecule has 2 N–H and O–H groups in total. The molecule has 2 rings (SSSR count). The Hall–Kier alpha value is -1.72. The van der Waals surface area contributed by atoms with Gasteiger partial charge in [-0.3, -0.25) is 0 Å². The van der Waals surface area contributed by atoms with Crippen molar-refractivity contribution in [3.8, 4) is 17.6 Å². The molecule has 1 aliphatic rings. The summed E-state index contributed by atoms with van der Waals surface area (Å²) in [5, 5.41) is 8.89. The van der Waals surface area contributed by atoms with Crippen molar-refractivity contribution in [2.75, 3.05) is 13.2 Å². The van der Waals surface area contributed by atoms with E-state index in [1.807, 2.05) is 6.07 Å². The van der Waals surface area contributed by atoms with E-state index in [-0.39, 0.29) is 36.0 Å². The maximum atomic E-state index is 13.2. The van der Waals surface area contributed by atoms with Crippen molar-refractivity contribution in [3.63, 3.8) is 0 Å². The Balaban J connectivity index is 0.00000220. The number of nitrogens with zero attached hydrogens (tertiary/aromatic N) is 1. The number of hydrogen-bond acceptors (Lipinski definition) is 4. The standard InChI is InChI=1S/C12H10F4N2O2.ClH/c13-11(14)5-19-9-1-7(3-17)8(4-18)2-10(9)20-6-12(11,15)16;/h1-2H,3,5-6,17H2;1H. The van der Waals surface area contributed by atoms with Crippen LogP contribution in [0.3, 0.4) is 0 Å². The Bertz CT molecular complexity index is 575. The van der Waals surface area contributed by atoms with E-state index in [4.69, 9.17) is 15.7 Å². The van der Waals surface area contributed by atoms with Crippen molar-refractivity contribution in [1.29, 1.82) is 5.26 Å². The van der Waals surface area contributed by atoms with Crippen LogP contribution in [0.15, 0.2) is 12.1 Å². The summed E-state index contributed by atoms with van der Waals surface area (Å²) in [7, 11) is 0. The maximum absolute atomic E-state index is 13.2. The summed E-state index contributed by atoms with van der Waals surface area (Å²) in [6.07, 6.45) is 0. The third-order valence-electron chi connectivity index (χ3n) is 2.86. The fourth-order valence-corrected chi connectivity index (χ4v) is 1.65. The van der Waals surface area contributed by atoms with Gasteiger partial charge in [0.2, 0.25) is 0 Å². The first-order chi connectivity index (χ1) is 9.30. The van der Waals surface area contributed by atoms with Crippen molar-refractivity contribution in [2.24, 2.45) is 5.73 Å². The van der Waals surface area contributed by atoms with Crippen LogP contribution in [0.25, 0.3) is 0 Å². The van der Waals surface area contributed by atoms with Gasteiger partial charge in [0.1, 0.15) is 0 Å². The van der Waals surface area contributed by atoms with Gasteiger partial charge in [-0.1, -0.05) is 0 Å². The number of ether oxygens (including phenoxy) is 2. The van der Waals surface area contributed by atoms with Gasteiger partial charge < -0.3 is 15.2 Å². The molecule has 4 nitrogen and oxygen atoms in total. The highest BCUT2D eigenvalue weighted by Crippen LogP contribution is 2.40. The molecule has 1 heterocycles. The molecule has 0 atom stereocenters. The molecule has 0 aromatic heterocycles. The number of nitriles is 1. The van der Waals surface area contributed by atoms with Gasteiger partial charge in [0.25, 0.3) is 0 Å². The van der Waals surface area contributed by atoms with Gasteiger partial charge >= 0.3 is 11.8 Å². The Labute approximate surface area is 123 Å². The summed E-state index contributed by atoms with van der Waals surface area (Å²) in [5.41, 5.74) is 5.88. The molecule has 116 valence electrons. The van der Waals surface area contributed by atoms with E-state index in [2.05, 4.69) is 4.74 Å². The van der Waals surface area contributed by atoms with Crippen LogP contribution in [-0.2, 0) is 6.54 Å². The van der Waals surface area contributed by atoms with E-state index >= 15 is 0 Å². The highest BCUT2D eigenvalue weighted by atomic mass is 35.5. The Morgan fingerprint density at radius 2 is 1.57 bits per heavy atom. The number of rotatable bonds is 1. The lowest BCUT2D eigenvalue weighted by molar-refractivity contribution is -0.236. The van der Waals surface area contributed by atoms with Gasteiger partial charge in [0, 0.05) is 12.6 Å². The van der Waals surface area contributed by atoms with Gasteiger partial charge in [-0.05, 0) is 11.6 Å². The Morgan fingerprint density at radius 1 is 1.10 bits per heavy atom. The predicted octanol–water partition coefficient (Wildman–Crippen LogP) is 2.48. The first kappa shape index (κ1) is 17.3. The van der Waals surface area contributed by atoms with E-state index in [1.54, 1.807) is 0 Å². The highest BCUT2D eigenvalue weighted by Gasteiger charge is 2.58. The van der Waals surface area contributed by atoms with Crippen molar-refractivity contribution in [2.45, 2.75) is 18.4 Å². The smallest absolute Gasteiger partial charge is 0.346 e. The van der Waals surface area contributed by atoms with Crippen LogP contribution >= 0.6 is 12.4 Å². The topological polar surface area (TPSA) is 68.3 Å². The van der Waals surface area contributed by atoms with Gasteiger partial charge in [0.15, 0.2) is 24.7 Å². The Morgan fingerprint density at radius 3 is 2.00 bits per heavy atom. The van der Waals surface area contributed by atoms with Gasteiger partial charge in [-0.25, -0.2) is 0 Å². The molecular weight excluding hydrogens is 316 g/mol. The summed E-state index contributed by atoms with van der Waals surface area (Å²) in [4.78, 5) is 0. The Kier molecular flexibility index (Phi) is 4.91. The molecule has 0 unspecified atom stereocenters. The van der Waals surface area contributed by atoms with E-state index in [0.717, 1.165) is 6.07 Å². The molecule has 0 spiro atoms. The summed E-state index contributed by atoms with van der Waals surface area (Å²) in [5.74, 6) is -9.03. The van der Waals surface area contributed by atoms with Crippen LogP contribution in [0.4, 0.5) is 17.6 Å². The van der Waals surface area contributed by atoms with E-state index in [0.29, 0.717) is 5.56 Å². The molecular formula is C12H11ClF4N2O2. The molecule has 21 heavy (non-hydrogen) atoms. The second-order valence-corrected chi connectivity index (χ2v) is 4.26. The predicted molar refractivity (Wildman–Crippen MR) is 67.2 cm³/mol. The van der Waals surface area contributed by atoms with E-state index in [1.165, 1.54) is 6.07 Å². The minimum absolute atomic E-state index is 0. The second kappa shape index (κ2) is 5.95. The third-order valence-corrected chi connectivity index (χ3v) is 2.86. The molecule has 0 saturated heterocycles. The normalized spacial score (nSPS) is 18.7. The molecule has 0 fully saturated rings. The van der Waals surface area contributed by atoms with Crippen LogP contribution in [0.5, 0.6) is 11.5 Å². The minimum atomic E-state index is -4.36. The average molecular weight is 327 g/mol. The van der Waals surface area contributed by atoms with Crippen molar-refractivity contribution in [3.05, 3.63) is 23.3 Å². The zero-order valence-corrected chi connectivity index (χ0v) is 11.4. The quantitative estimate of drug-likeness (QED) is 0.805. The molecule has 0 saturated carbocycles. The minimum Gasteiger partial charge on any atom is -0.483 e. The number of alkyl halides is 4. The fourth-order valence-electron chi connectivity index (χ4n) is 1.65. The lowest BCUT2D eigenvalue weighted by atomic mass is 10.1. The third kappa shape index (κ3) is 3.14. The van der Waals surface area contributed by atoms with Crippen molar-refractivity contribution in [1.82, 2.24) is 0 Å². The molecule has 0 aliphatic carbocycles. The average Bonchev–Trinajstić information content (AvgIpc) is 2.41. The maximum Gasteiger partial charge on any atom is 0.346 e. The first-order valence-electron chi connectivity index (χ1n) is 5.59. The zero-order valence-electron chi connectivity index (χ0n) is 10.5. The van der Waals surface area contributed by atoms with E-state index in [9.17, 15) is 17.6 Å². The first-order valence-corrected chi connectivity index (χ1v) is 5.59. The largest absolute Gasteiger partial charge is 0.483 e. The molecule has 9 heteroatoms. The van der Waals surface area contributed by atoms with Crippen LogP contribution in [-0.4, -0.2) is 25.1 Å². The van der Waals surface area contributed by atoms with Gasteiger partial charge in [-0.2, -0.15) is 22.8 Å². The molecule has 1 aromatic rings. The number of nitrogens with two attached hydrogens (primary N) is 1. The molecule has 1 aliphatic heterocycles. The number of benzene rings is 1. The molecule has 0 amide bonds. The molecule has 0 radical (unpaired) electrons. The number of hydrogen-bond donors (Lipinski definition) is 1. The SMILES string of the molecule is Cl.N#Cc1cc2c(cc1CN)OCC(F)(F)C(F)(F)CO2. The van der Waals surface area contributed by atoms with Crippen LogP contribution in [0.2, 0.25) is 0 Å². The fraction of sp³-hybridized carbons (Fsp3) is 0.417. The molecule has 0 bridgehead atoms. The summed E-state index contributed by atoms with van der Waals surface area (Å²) in [6, 6.07) is 4.21. The zero-order chi connectivity index (χ0) is 15.0. The van der Waals surface area contributed by atoms with Crippen LogP contribution in [0, 0.1) is 11.3 Å². The second-order valence-electron chi connectivity index (χ2n) is 4.26. The summed E-state index contributed by atoms with van der Waals surface area (Å²) in [6.45, 7) is -3.00. The van der Waals surface area contributed by atoms with Gasteiger partial charge in [0.05, 0.1) is 11.6 Å². The molecule has 1 aromatic carbocycles. The number of fused-ring (bicyclic) bond motifs is 1. The van der Waals surface area contributed by atoms with Gasteiger partial charge in [-0.15, -0.1) is 12.4 Å². The van der Waals surface area contributed by atoms with Crippen molar-refractivity contribution >= 4 is 12.4 Å². The lowest BCUT2D eigenvalue weighted by Crippen LogP contribution is -2.50. The summed E-state index contributed by atoms with van der Waals surface area (Å²) < 4.78 is 62.2. The van der Waals surface area contributed by atoms with Crippen molar-refractivity contribution < 1.29 is 27.0 Å². The van der Waals surface area contributed by atoms with Crippen LogP contribution in [0.1, 0.15) is 11.1 Å². The number of halogens is 5. The van der Waals surface area contributed by atoms with Crippen LogP contribution < -0.4 is 15.2 Å².